The van der Waals surface area contributed by atoms with Gasteiger partial charge in [0.05, 0.1) is 5.56 Å². The normalized spacial score (nSPS) is 11.2. The van der Waals surface area contributed by atoms with Gasteiger partial charge in [-0.25, -0.2) is 4.39 Å². The van der Waals surface area contributed by atoms with Gasteiger partial charge in [0.2, 0.25) is 0 Å². The third kappa shape index (κ3) is 2.13. The summed E-state index contributed by atoms with van der Waals surface area (Å²) in [4.78, 5) is 8.36. The van der Waals surface area contributed by atoms with E-state index >= 15 is 0 Å². The van der Waals surface area contributed by atoms with E-state index in [9.17, 15) is 4.39 Å². The largest absolute Gasteiger partial charge is 0.255 e. The van der Waals surface area contributed by atoms with Crippen LogP contribution in [-0.4, -0.2) is 19.6 Å². The Hall–Kier alpha value is -1.72. The van der Waals surface area contributed by atoms with Crippen LogP contribution in [0, 0.1) is 5.82 Å². The lowest BCUT2D eigenvalue weighted by Crippen LogP contribution is -1.98. The van der Waals surface area contributed by atoms with Gasteiger partial charge in [-0.3, -0.25) is 0 Å². The zero-order valence-electron chi connectivity index (χ0n) is 10.4. The topological polar surface area (TPSA) is 43.1 Å². The monoisotopic (exact) mass is 310 g/mol. The van der Waals surface area contributed by atoms with Crippen molar-refractivity contribution in [3.05, 3.63) is 46.2 Å². The first kappa shape index (κ1) is 13.3. The molecule has 1 aromatic carbocycles. The number of nitrogens with zero attached hydrogens (tertiary/aromatic N) is 4. The van der Waals surface area contributed by atoms with Crippen molar-refractivity contribution in [3.63, 3.8) is 0 Å². The molecule has 3 rings (SSSR count). The highest BCUT2D eigenvalue weighted by molar-refractivity contribution is 6.38. The first-order valence-corrected chi connectivity index (χ1v) is 6.72. The van der Waals surface area contributed by atoms with Gasteiger partial charge < -0.3 is 0 Å². The van der Waals surface area contributed by atoms with Gasteiger partial charge >= 0.3 is 0 Å². The minimum absolute atomic E-state index is 0.170. The molecule has 0 radical (unpaired) electrons. The molecule has 0 spiro atoms. The van der Waals surface area contributed by atoms with E-state index in [1.54, 1.807) is 12.1 Å². The van der Waals surface area contributed by atoms with Gasteiger partial charge in [-0.15, -0.1) is 5.10 Å². The summed E-state index contributed by atoms with van der Waals surface area (Å²) >= 11 is 12.5. The molecule has 0 atom stereocenters. The van der Waals surface area contributed by atoms with E-state index in [-0.39, 0.29) is 16.1 Å². The van der Waals surface area contributed by atoms with E-state index in [4.69, 9.17) is 23.2 Å². The average molecular weight is 311 g/mol. The van der Waals surface area contributed by atoms with Crippen LogP contribution in [0.5, 0.6) is 0 Å². The van der Waals surface area contributed by atoms with E-state index in [0.717, 1.165) is 0 Å². The summed E-state index contributed by atoms with van der Waals surface area (Å²) in [7, 11) is 0. The summed E-state index contributed by atoms with van der Waals surface area (Å²) in [6, 6.07) is 5.99. The molecule has 2 aromatic heterocycles. The number of halogens is 3. The summed E-state index contributed by atoms with van der Waals surface area (Å²) in [5, 5.41) is 4.67. The van der Waals surface area contributed by atoms with Crippen LogP contribution < -0.4 is 0 Å². The minimum atomic E-state index is -0.373. The number of benzene rings is 1. The Labute approximate surface area is 124 Å². The number of aryl methyl sites for hydroxylation is 1. The van der Waals surface area contributed by atoms with Gasteiger partial charge in [0, 0.05) is 6.42 Å². The molecule has 2 heterocycles. The fourth-order valence-corrected chi connectivity index (χ4v) is 2.55. The second kappa shape index (κ2) is 5.00. The maximum atomic E-state index is 13.3. The van der Waals surface area contributed by atoms with Crippen LogP contribution in [0.2, 0.25) is 10.3 Å². The molecule has 0 amide bonds. The van der Waals surface area contributed by atoms with Gasteiger partial charge in [0.25, 0.3) is 5.78 Å². The summed E-state index contributed by atoms with van der Waals surface area (Å²) < 4.78 is 14.8. The molecule has 7 heteroatoms. The van der Waals surface area contributed by atoms with Gasteiger partial charge in [-0.05, 0) is 17.7 Å². The molecule has 0 N–H and O–H groups in total. The Kier molecular flexibility index (Phi) is 3.31. The highest BCUT2D eigenvalue weighted by atomic mass is 35.5. The first-order chi connectivity index (χ1) is 9.60. The van der Waals surface area contributed by atoms with E-state index in [1.165, 1.54) is 16.6 Å². The highest BCUT2D eigenvalue weighted by Gasteiger charge is 2.17. The van der Waals surface area contributed by atoms with E-state index in [1.807, 2.05) is 6.92 Å². The number of fused-ring (bicyclic) bond motifs is 1. The molecular weight excluding hydrogens is 302 g/mol. The van der Waals surface area contributed by atoms with Crippen LogP contribution >= 0.6 is 23.2 Å². The summed E-state index contributed by atoms with van der Waals surface area (Å²) in [6.45, 7) is 1.93. The molecule has 0 aliphatic carbocycles. The van der Waals surface area contributed by atoms with Gasteiger partial charge in [-0.1, -0.05) is 42.3 Å². The van der Waals surface area contributed by atoms with Crippen LogP contribution in [0.25, 0.3) is 16.9 Å². The molecule has 4 nitrogen and oxygen atoms in total. The second-order valence-corrected chi connectivity index (χ2v) is 4.89. The molecule has 3 aromatic rings. The molecule has 0 aliphatic rings. The van der Waals surface area contributed by atoms with Gasteiger partial charge in [0.1, 0.15) is 16.1 Å². The van der Waals surface area contributed by atoms with Crippen molar-refractivity contribution in [3.8, 4) is 11.1 Å². The Bertz CT molecular complexity index is 800. The average Bonchev–Trinajstić information content (AvgIpc) is 2.82. The van der Waals surface area contributed by atoms with Crippen LogP contribution in [0.3, 0.4) is 0 Å². The van der Waals surface area contributed by atoms with Crippen LogP contribution in [0.4, 0.5) is 4.39 Å². The number of rotatable bonds is 2. The lowest BCUT2D eigenvalue weighted by Gasteiger charge is -2.07. The zero-order valence-corrected chi connectivity index (χ0v) is 12.0. The van der Waals surface area contributed by atoms with Crippen LogP contribution in [0.1, 0.15) is 12.7 Å². The SMILES string of the molecule is CCc1nc2nc(Cl)c(-c3cccc(F)c3)c(Cl)n2n1. The second-order valence-electron chi connectivity index (χ2n) is 4.17. The smallest absolute Gasteiger partial charge is 0.207 e. The summed E-state index contributed by atoms with van der Waals surface area (Å²) in [6.07, 6.45) is 0.659. The van der Waals surface area contributed by atoms with Crippen molar-refractivity contribution in [2.75, 3.05) is 0 Å². The molecule has 20 heavy (non-hydrogen) atoms. The molecule has 0 unspecified atom stereocenters. The lowest BCUT2D eigenvalue weighted by atomic mass is 10.1. The third-order valence-corrected chi connectivity index (χ3v) is 3.48. The van der Waals surface area contributed by atoms with Crippen molar-refractivity contribution in [1.82, 2.24) is 19.6 Å². The maximum absolute atomic E-state index is 13.3. The first-order valence-electron chi connectivity index (χ1n) is 5.96. The standard InChI is InChI=1S/C13H9Cl2FN4/c1-2-9-17-13-18-11(14)10(12(15)20(13)19-9)7-4-3-5-8(16)6-7/h3-6H,2H2,1H3. The maximum Gasteiger partial charge on any atom is 0.255 e. The summed E-state index contributed by atoms with van der Waals surface area (Å²) in [5.41, 5.74) is 0.982. The van der Waals surface area contributed by atoms with E-state index < -0.39 is 0 Å². The quantitative estimate of drug-likeness (QED) is 0.676. The third-order valence-electron chi connectivity index (χ3n) is 2.86. The van der Waals surface area contributed by atoms with Crippen molar-refractivity contribution >= 4 is 29.0 Å². The molecule has 0 bridgehead atoms. The zero-order chi connectivity index (χ0) is 14.3. The fourth-order valence-electron chi connectivity index (χ4n) is 1.92. The number of aromatic nitrogens is 4. The van der Waals surface area contributed by atoms with Gasteiger partial charge in [0.15, 0.2) is 5.82 Å². The Balaban J connectivity index is 2.30. The highest BCUT2D eigenvalue weighted by Crippen LogP contribution is 2.33. The van der Waals surface area contributed by atoms with Crippen LogP contribution in [0.15, 0.2) is 24.3 Å². The van der Waals surface area contributed by atoms with E-state index in [0.29, 0.717) is 29.1 Å². The molecular formula is C13H9Cl2FN4. The molecule has 102 valence electrons. The van der Waals surface area contributed by atoms with Crippen molar-refractivity contribution in [2.45, 2.75) is 13.3 Å². The van der Waals surface area contributed by atoms with Crippen LogP contribution in [-0.2, 0) is 6.42 Å². The molecule has 0 saturated carbocycles. The number of hydrogen-bond donors (Lipinski definition) is 0. The number of hydrogen-bond acceptors (Lipinski definition) is 3. The Morgan fingerprint density at radius 1 is 1.25 bits per heavy atom. The Morgan fingerprint density at radius 3 is 2.75 bits per heavy atom. The predicted molar refractivity (Wildman–Crippen MR) is 75.6 cm³/mol. The van der Waals surface area contributed by atoms with Crippen molar-refractivity contribution in [2.24, 2.45) is 0 Å². The molecule has 0 aliphatic heterocycles. The van der Waals surface area contributed by atoms with Crippen molar-refractivity contribution in [1.29, 1.82) is 0 Å². The molecule has 0 saturated heterocycles. The van der Waals surface area contributed by atoms with E-state index in [2.05, 4.69) is 15.1 Å². The van der Waals surface area contributed by atoms with Crippen molar-refractivity contribution < 1.29 is 4.39 Å². The Morgan fingerprint density at radius 2 is 2.05 bits per heavy atom. The van der Waals surface area contributed by atoms with Gasteiger partial charge in [-0.2, -0.15) is 14.5 Å². The minimum Gasteiger partial charge on any atom is -0.207 e. The lowest BCUT2D eigenvalue weighted by molar-refractivity contribution is 0.628. The fraction of sp³-hybridized carbons (Fsp3) is 0.154. The molecule has 0 fully saturated rings. The summed E-state index contributed by atoms with van der Waals surface area (Å²) in [5.74, 6) is 0.575. The predicted octanol–water partition coefficient (Wildman–Crippen LogP) is 3.80.